The van der Waals surface area contributed by atoms with Gasteiger partial charge in [0.1, 0.15) is 5.01 Å². The number of nitrogens with one attached hydrogen (secondary N) is 1. The molecule has 1 aromatic rings. The van der Waals surface area contributed by atoms with Gasteiger partial charge in [0.25, 0.3) is 0 Å². The zero-order valence-electron chi connectivity index (χ0n) is 12.2. The highest BCUT2D eigenvalue weighted by Gasteiger charge is 2.49. The Morgan fingerprint density at radius 3 is 2.68 bits per heavy atom. The van der Waals surface area contributed by atoms with E-state index >= 15 is 0 Å². The molecule has 1 N–H and O–H groups in total. The van der Waals surface area contributed by atoms with Crippen molar-refractivity contribution in [2.45, 2.75) is 51.5 Å². The zero-order valence-corrected chi connectivity index (χ0v) is 13.8. The van der Waals surface area contributed by atoms with Crippen molar-refractivity contribution in [1.82, 2.24) is 10.3 Å². The monoisotopic (exact) mass is 296 g/mol. The quantitative estimate of drug-likeness (QED) is 0.902. The molecule has 1 unspecified atom stereocenters. The minimum absolute atomic E-state index is 0.0674. The Balaban J connectivity index is 2.03. The summed E-state index contributed by atoms with van der Waals surface area (Å²) in [6.07, 6.45) is 6.38. The summed E-state index contributed by atoms with van der Waals surface area (Å²) >= 11 is 4.05. The van der Waals surface area contributed by atoms with E-state index in [-0.39, 0.29) is 11.0 Å². The summed E-state index contributed by atoms with van der Waals surface area (Å²) in [4.78, 5) is 6.61. The predicted molar refractivity (Wildman–Crippen MR) is 85.2 cm³/mol. The van der Waals surface area contributed by atoms with Crippen molar-refractivity contribution in [1.29, 1.82) is 0 Å². The Morgan fingerprint density at radius 2 is 2.00 bits per heavy atom. The van der Waals surface area contributed by atoms with Gasteiger partial charge in [0, 0.05) is 10.6 Å². The molecule has 1 aliphatic carbocycles. The van der Waals surface area contributed by atoms with E-state index in [2.05, 4.69) is 38.0 Å². The summed E-state index contributed by atoms with van der Waals surface area (Å²) in [6.45, 7) is 4.81. The lowest BCUT2D eigenvalue weighted by Gasteiger charge is -2.48. The van der Waals surface area contributed by atoms with Crippen LogP contribution in [-0.2, 0) is 18.4 Å². The van der Waals surface area contributed by atoms with E-state index in [0.717, 1.165) is 5.75 Å². The molecule has 2 nitrogen and oxygen atoms in total. The fourth-order valence-corrected chi connectivity index (χ4v) is 6.76. The third-order valence-corrected chi connectivity index (χ3v) is 7.43. The van der Waals surface area contributed by atoms with Gasteiger partial charge in [-0.25, -0.2) is 4.98 Å². The fourth-order valence-electron chi connectivity index (χ4n) is 3.36. The van der Waals surface area contributed by atoms with Gasteiger partial charge in [0.05, 0.1) is 11.2 Å². The normalized spacial score (nSPS) is 30.1. The summed E-state index contributed by atoms with van der Waals surface area (Å²) in [5.74, 6) is 2.43. The maximum Gasteiger partial charge on any atom is 0.115 e. The van der Waals surface area contributed by atoms with Crippen molar-refractivity contribution in [2.24, 2.45) is 5.41 Å². The molecule has 19 heavy (non-hydrogen) atoms. The topological polar surface area (TPSA) is 24.9 Å². The molecular formula is C15H24N2S2. The molecule has 0 saturated carbocycles. The molecule has 0 aromatic carbocycles. The lowest BCUT2D eigenvalue weighted by molar-refractivity contribution is 0.138. The molecule has 1 saturated heterocycles. The molecule has 0 amide bonds. The molecule has 4 heteroatoms. The average Bonchev–Trinajstić information content (AvgIpc) is 2.82. The minimum Gasteiger partial charge on any atom is -0.307 e. The molecule has 1 aromatic heterocycles. The van der Waals surface area contributed by atoms with E-state index in [1.165, 1.54) is 48.6 Å². The van der Waals surface area contributed by atoms with Crippen LogP contribution in [0.3, 0.4) is 0 Å². The molecule has 0 bridgehead atoms. The van der Waals surface area contributed by atoms with Crippen LogP contribution in [0, 0.1) is 5.41 Å². The van der Waals surface area contributed by atoms with Crippen LogP contribution in [-0.4, -0.2) is 23.5 Å². The Hall–Kier alpha value is -0.0600. The van der Waals surface area contributed by atoms with Crippen LogP contribution in [0.25, 0.3) is 0 Å². The number of aryl methyl sites for hydroxylation is 2. The van der Waals surface area contributed by atoms with Crippen molar-refractivity contribution in [2.75, 3.05) is 18.6 Å². The third kappa shape index (κ3) is 2.16. The van der Waals surface area contributed by atoms with Gasteiger partial charge in [0.15, 0.2) is 0 Å². The number of nitrogens with zero attached hydrogens (tertiary/aromatic N) is 1. The third-order valence-electron chi connectivity index (χ3n) is 4.98. The van der Waals surface area contributed by atoms with Crippen LogP contribution >= 0.6 is 23.1 Å². The van der Waals surface area contributed by atoms with Crippen molar-refractivity contribution in [3.63, 3.8) is 0 Å². The van der Waals surface area contributed by atoms with Crippen molar-refractivity contribution in [3.05, 3.63) is 15.6 Å². The smallest absolute Gasteiger partial charge is 0.115 e. The number of thioether (sulfide) groups is 1. The summed E-state index contributed by atoms with van der Waals surface area (Å²) in [5.41, 5.74) is 1.75. The SMILES string of the molecule is CNC1(c2nc3c(s2)CCCC3)CSCCC1(C)C. The van der Waals surface area contributed by atoms with Gasteiger partial charge in [-0.05, 0) is 50.3 Å². The van der Waals surface area contributed by atoms with E-state index in [4.69, 9.17) is 4.98 Å². The Kier molecular flexibility index (Phi) is 3.69. The number of fused-ring (bicyclic) bond motifs is 1. The second kappa shape index (κ2) is 5.05. The van der Waals surface area contributed by atoms with Crippen LogP contribution in [0.4, 0.5) is 0 Å². The second-order valence-corrected chi connectivity index (χ2v) is 8.63. The van der Waals surface area contributed by atoms with Gasteiger partial charge in [-0.15, -0.1) is 11.3 Å². The number of thiazole rings is 1. The number of rotatable bonds is 2. The first-order valence-electron chi connectivity index (χ1n) is 7.35. The standard InChI is InChI=1S/C15H24N2S2/c1-14(2)8-9-18-10-15(14,16-3)13-17-11-6-4-5-7-12(11)19-13/h16H,4-10H2,1-3H3. The molecule has 2 aliphatic rings. The average molecular weight is 297 g/mol. The fraction of sp³-hybridized carbons (Fsp3) is 0.800. The molecule has 0 spiro atoms. The molecule has 2 heterocycles. The van der Waals surface area contributed by atoms with Crippen molar-refractivity contribution >= 4 is 23.1 Å². The maximum atomic E-state index is 5.06. The van der Waals surface area contributed by atoms with Gasteiger partial charge in [-0.2, -0.15) is 11.8 Å². The number of hydrogen-bond acceptors (Lipinski definition) is 4. The highest BCUT2D eigenvalue weighted by molar-refractivity contribution is 7.99. The van der Waals surface area contributed by atoms with Gasteiger partial charge >= 0.3 is 0 Å². The molecule has 3 rings (SSSR count). The van der Waals surface area contributed by atoms with Gasteiger partial charge in [0.2, 0.25) is 0 Å². The largest absolute Gasteiger partial charge is 0.307 e. The van der Waals surface area contributed by atoms with E-state index in [0.29, 0.717) is 0 Å². The van der Waals surface area contributed by atoms with Gasteiger partial charge in [-0.1, -0.05) is 13.8 Å². The number of hydrogen-bond donors (Lipinski definition) is 1. The summed E-state index contributed by atoms with van der Waals surface area (Å²) in [7, 11) is 2.12. The summed E-state index contributed by atoms with van der Waals surface area (Å²) < 4.78 is 0. The minimum atomic E-state index is 0.0674. The van der Waals surface area contributed by atoms with Crippen LogP contribution in [0.5, 0.6) is 0 Å². The van der Waals surface area contributed by atoms with Crippen molar-refractivity contribution < 1.29 is 0 Å². The maximum absolute atomic E-state index is 5.06. The summed E-state index contributed by atoms with van der Waals surface area (Å²) in [6, 6.07) is 0. The Morgan fingerprint density at radius 1 is 1.21 bits per heavy atom. The van der Waals surface area contributed by atoms with Crippen molar-refractivity contribution in [3.8, 4) is 0 Å². The highest BCUT2D eigenvalue weighted by Crippen LogP contribution is 2.50. The molecular weight excluding hydrogens is 272 g/mol. The molecule has 106 valence electrons. The van der Waals surface area contributed by atoms with E-state index in [1.54, 1.807) is 4.88 Å². The molecule has 1 fully saturated rings. The van der Waals surface area contributed by atoms with E-state index in [9.17, 15) is 0 Å². The lowest BCUT2D eigenvalue weighted by atomic mass is 9.71. The first kappa shape index (κ1) is 13.9. The summed E-state index contributed by atoms with van der Waals surface area (Å²) in [5, 5.41) is 5.01. The highest BCUT2D eigenvalue weighted by atomic mass is 32.2. The predicted octanol–water partition coefficient (Wildman–Crippen LogP) is 3.60. The zero-order chi connectivity index (χ0) is 13.5. The molecule has 1 aliphatic heterocycles. The number of aromatic nitrogens is 1. The van der Waals surface area contributed by atoms with Crippen LogP contribution < -0.4 is 5.32 Å². The van der Waals surface area contributed by atoms with E-state index in [1.807, 2.05) is 11.3 Å². The first-order valence-corrected chi connectivity index (χ1v) is 9.32. The Bertz CT molecular complexity index is 443. The second-order valence-electron chi connectivity index (χ2n) is 6.44. The molecule has 0 radical (unpaired) electrons. The molecule has 1 atom stereocenters. The van der Waals surface area contributed by atoms with Gasteiger partial charge in [-0.3, -0.25) is 0 Å². The van der Waals surface area contributed by atoms with Crippen LogP contribution in [0.1, 0.15) is 48.7 Å². The first-order chi connectivity index (χ1) is 9.09. The van der Waals surface area contributed by atoms with Gasteiger partial charge < -0.3 is 5.32 Å². The lowest BCUT2D eigenvalue weighted by Crippen LogP contribution is -2.56. The van der Waals surface area contributed by atoms with E-state index < -0.39 is 0 Å². The van der Waals surface area contributed by atoms with Crippen LogP contribution in [0.15, 0.2) is 0 Å². The Labute approximate surface area is 124 Å². The van der Waals surface area contributed by atoms with Crippen LogP contribution in [0.2, 0.25) is 0 Å².